The second-order valence-corrected chi connectivity index (χ2v) is 9.94. The van der Waals surface area contributed by atoms with Crippen LogP contribution in [0.3, 0.4) is 0 Å². The Labute approximate surface area is 183 Å². The average molecular weight is 436 g/mol. The summed E-state index contributed by atoms with van der Waals surface area (Å²) in [5.41, 5.74) is 0.592. The number of hydrogen-bond acceptors (Lipinski definition) is 4. The number of carbonyl (C=O) groups is 1. The van der Waals surface area contributed by atoms with Gasteiger partial charge >= 0.3 is 0 Å². The third-order valence-corrected chi connectivity index (χ3v) is 7.89. The van der Waals surface area contributed by atoms with Crippen molar-refractivity contribution in [2.24, 2.45) is 5.92 Å². The summed E-state index contributed by atoms with van der Waals surface area (Å²) in [5, 5.41) is 11.7. The van der Waals surface area contributed by atoms with E-state index >= 15 is 0 Å². The molecule has 31 heavy (non-hydrogen) atoms. The summed E-state index contributed by atoms with van der Waals surface area (Å²) >= 11 is 0. The molecule has 5 nitrogen and oxygen atoms in total. The molecule has 1 N–H and O–H groups in total. The van der Waals surface area contributed by atoms with Gasteiger partial charge in [0.2, 0.25) is 10.0 Å². The lowest BCUT2D eigenvalue weighted by Crippen LogP contribution is -2.54. The van der Waals surface area contributed by atoms with E-state index in [2.05, 4.69) is 0 Å². The van der Waals surface area contributed by atoms with Gasteiger partial charge in [-0.05, 0) is 31.0 Å². The van der Waals surface area contributed by atoms with E-state index in [4.69, 9.17) is 0 Å². The van der Waals surface area contributed by atoms with E-state index in [1.54, 1.807) is 60.7 Å². The number of nitrogens with zero attached hydrogens (tertiary/aromatic N) is 1. The monoisotopic (exact) mass is 435 g/mol. The molecule has 0 aliphatic carbocycles. The smallest absolute Gasteiger partial charge is 0.243 e. The standard InChI is InChI=1S/C25H25NO4S/c1-19-12-14-22(15-13-19)31(29,30)26-17-16-25(28,21-10-6-3-7-11-21)23(18-26)24(27)20-8-4-2-5-9-20/h2-15,23,28H,16-18H2,1H3/t23-,25+/m0/s1. The van der Waals surface area contributed by atoms with E-state index in [0.29, 0.717) is 11.1 Å². The Bertz CT molecular complexity index is 1160. The molecule has 3 aromatic rings. The number of piperidine rings is 1. The van der Waals surface area contributed by atoms with E-state index in [0.717, 1.165) is 5.56 Å². The molecule has 2 atom stereocenters. The third-order valence-electron chi connectivity index (χ3n) is 6.01. The largest absolute Gasteiger partial charge is 0.384 e. The third kappa shape index (κ3) is 4.06. The van der Waals surface area contributed by atoms with Gasteiger partial charge in [0, 0.05) is 18.7 Å². The minimum atomic E-state index is -3.79. The first kappa shape index (κ1) is 21.4. The maximum atomic E-state index is 13.5. The number of benzene rings is 3. The van der Waals surface area contributed by atoms with Crippen molar-refractivity contribution in [1.29, 1.82) is 0 Å². The molecule has 0 aromatic heterocycles. The van der Waals surface area contributed by atoms with Crippen LogP contribution in [0.5, 0.6) is 0 Å². The zero-order chi connectivity index (χ0) is 22.1. The van der Waals surface area contributed by atoms with Crippen LogP contribution in [0.4, 0.5) is 0 Å². The van der Waals surface area contributed by atoms with Crippen molar-refractivity contribution in [3.05, 3.63) is 102 Å². The number of aryl methyl sites for hydroxylation is 1. The van der Waals surface area contributed by atoms with Crippen LogP contribution in [0.25, 0.3) is 0 Å². The van der Waals surface area contributed by atoms with Crippen LogP contribution in [-0.2, 0) is 15.6 Å². The number of ketones is 1. The van der Waals surface area contributed by atoms with Gasteiger partial charge in [0.05, 0.1) is 10.8 Å². The fraction of sp³-hybridized carbons (Fsp3) is 0.240. The van der Waals surface area contributed by atoms with Gasteiger partial charge in [-0.2, -0.15) is 4.31 Å². The van der Waals surface area contributed by atoms with Crippen LogP contribution in [0.1, 0.15) is 27.9 Å². The number of sulfonamides is 1. The van der Waals surface area contributed by atoms with E-state index in [-0.39, 0.29) is 30.2 Å². The molecule has 1 aliphatic rings. The highest BCUT2D eigenvalue weighted by Crippen LogP contribution is 2.40. The average Bonchev–Trinajstić information content (AvgIpc) is 2.80. The first-order valence-electron chi connectivity index (χ1n) is 10.3. The fourth-order valence-electron chi connectivity index (χ4n) is 4.17. The topological polar surface area (TPSA) is 74.7 Å². The van der Waals surface area contributed by atoms with Crippen molar-refractivity contribution in [3.8, 4) is 0 Å². The summed E-state index contributed by atoms with van der Waals surface area (Å²) in [6.45, 7) is 1.93. The van der Waals surface area contributed by atoms with E-state index < -0.39 is 21.5 Å². The number of hydrogen-bond donors (Lipinski definition) is 1. The van der Waals surface area contributed by atoms with Gasteiger partial charge in [-0.15, -0.1) is 0 Å². The zero-order valence-corrected chi connectivity index (χ0v) is 18.1. The Morgan fingerprint density at radius 3 is 2.13 bits per heavy atom. The molecular formula is C25H25NO4S. The van der Waals surface area contributed by atoms with E-state index in [1.165, 1.54) is 4.31 Å². The van der Waals surface area contributed by atoms with Crippen LogP contribution in [-0.4, -0.2) is 36.7 Å². The van der Waals surface area contributed by atoms with Gasteiger partial charge in [-0.3, -0.25) is 4.79 Å². The number of rotatable bonds is 5. The molecule has 0 saturated carbocycles. The molecule has 0 amide bonds. The van der Waals surface area contributed by atoms with Crippen LogP contribution in [0.2, 0.25) is 0 Å². The molecule has 6 heteroatoms. The van der Waals surface area contributed by atoms with Gasteiger partial charge in [0.25, 0.3) is 0 Å². The molecule has 1 heterocycles. The maximum absolute atomic E-state index is 13.5. The summed E-state index contributed by atoms with van der Waals surface area (Å²) < 4.78 is 27.9. The molecule has 4 rings (SSSR count). The summed E-state index contributed by atoms with van der Waals surface area (Å²) in [7, 11) is -3.79. The SMILES string of the molecule is Cc1ccc(S(=O)(=O)N2CC[C@@](O)(c3ccccc3)[C@H](C(=O)c3ccccc3)C2)cc1. The Morgan fingerprint density at radius 1 is 0.935 bits per heavy atom. The maximum Gasteiger partial charge on any atom is 0.243 e. The van der Waals surface area contributed by atoms with Gasteiger partial charge in [0.1, 0.15) is 5.60 Å². The van der Waals surface area contributed by atoms with Crippen LogP contribution < -0.4 is 0 Å². The Hall–Kier alpha value is -2.80. The Morgan fingerprint density at radius 2 is 1.52 bits per heavy atom. The summed E-state index contributed by atoms with van der Waals surface area (Å²) in [6.07, 6.45) is 0.130. The molecule has 1 aliphatic heterocycles. The highest BCUT2D eigenvalue weighted by atomic mass is 32.2. The van der Waals surface area contributed by atoms with Crippen LogP contribution in [0.15, 0.2) is 89.8 Å². The minimum absolute atomic E-state index is 0.0880. The minimum Gasteiger partial charge on any atom is -0.384 e. The van der Waals surface area contributed by atoms with Gasteiger partial charge in [-0.1, -0.05) is 78.4 Å². The molecule has 3 aromatic carbocycles. The Balaban J connectivity index is 1.73. The molecule has 0 bridgehead atoms. The van der Waals surface area contributed by atoms with Gasteiger partial charge in [0.15, 0.2) is 5.78 Å². The highest BCUT2D eigenvalue weighted by molar-refractivity contribution is 7.89. The molecule has 0 spiro atoms. The van der Waals surface area contributed by atoms with E-state index in [9.17, 15) is 18.3 Å². The number of carbonyl (C=O) groups excluding carboxylic acids is 1. The molecule has 0 unspecified atom stereocenters. The predicted molar refractivity (Wildman–Crippen MR) is 119 cm³/mol. The lowest BCUT2D eigenvalue weighted by Gasteiger charge is -2.43. The zero-order valence-electron chi connectivity index (χ0n) is 17.3. The second-order valence-electron chi connectivity index (χ2n) is 8.00. The molecule has 0 radical (unpaired) electrons. The van der Waals surface area contributed by atoms with Gasteiger partial charge in [-0.25, -0.2) is 8.42 Å². The van der Waals surface area contributed by atoms with Crippen molar-refractivity contribution in [2.45, 2.75) is 23.8 Å². The van der Waals surface area contributed by atoms with E-state index in [1.807, 2.05) is 31.2 Å². The molecular weight excluding hydrogens is 410 g/mol. The molecule has 1 saturated heterocycles. The van der Waals surface area contributed by atoms with Crippen molar-refractivity contribution < 1.29 is 18.3 Å². The summed E-state index contributed by atoms with van der Waals surface area (Å²) in [4.78, 5) is 13.6. The molecule has 160 valence electrons. The van der Waals surface area contributed by atoms with Crippen LogP contribution in [0, 0.1) is 12.8 Å². The second kappa shape index (κ2) is 8.38. The highest BCUT2D eigenvalue weighted by Gasteiger charge is 2.49. The normalized spacial score (nSPS) is 22.2. The Kier molecular flexibility index (Phi) is 5.79. The van der Waals surface area contributed by atoms with Gasteiger partial charge < -0.3 is 5.11 Å². The summed E-state index contributed by atoms with van der Waals surface area (Å²) in [6, 6.07) is 24.4. The lowest BCUT2D eigenvalue weighted by molar-refractivity contribution is -0.0496. The molecule has 1 fully saturated rings. The summed E-state index contributed by atoms with van der Waals surface area (Å²) in [5.74, 6) is -1.19. The first-order valence-corrected chi connectivity index (χ1v) is 11.7. The lowest BCUT2D eigenvalue weighted by atomic mass is 9.73. The number of Topliss-reactive ketones (excluding diaryl/α,β-unsaturated/α-hetero) is 1. The predicted octanol–water partition coefficient (Wildman–Crippen LogP) is 3.78. The number of aliphatic hydroxyl groups is 1. The van der Waals surface area contributed by atoms with Crippen molar-refractivity contribution in [2.75, 3.05) is 13.1 Å². The quantitative estimate of drug-likeness (QED) is 0.619. The van der Waals surface area contributed by atoms with Crippen molar-refractivity contribution in [3.63, 3.8) is 0 Å². The van der Waals surface area contributed by atoms with Crippen molar-refractivity contribution in [1.82, 2.24) is 4.31 Å². The first-order chi connectivity index (χ1) is 14.8. The van der Waals surface area contributed by atoms with Crippen molar-refractivity contribution >= 4 is 15.8 Å². The van der Waals surface area contributed by atoms with Crippen LogP contribution >= 0.6 is 0 Å². The fourth-order valence-corrected chi connectivity index (χ4v) is 5.62.